The van der Waals surface area contributed by atoms with Crippen LogP contribution in [0.3, 0.4) is 0 Å². The van der Waals surface area contributed by atoms with E-state index in [0.29, 0.717) is 12.4 Å². The van der Waals surface area contributed by atoms with Crippen LogP contribution in [-0.2, 0) is 10.0 Å². The predicted octanol–water partition coefficient (Wildman–Crippen LogP) is 2.86. The van der Waals surface area contributed by atoms with Crippen LogP contribution in [0, 0.1) is 0 Å². The molecule has 18 heavy (non-hydrogen) atoms. The highest BCUT2D eigenvalue weighted by Gasteiger charge is 2.19. The molecule has 0 saturated carbocycles. The molecule has 0 aliphatic heterocycles. The molecule has 0 saturated heterocycles. The summed E-state index contributed by atoms with van der Waals surface area (Å²) in [5, 5.41) is 0.250. The van der Waals surface area contributed by atoms with Crippen molar-refractivity contribution in [3.63, 3.8) is 0 Å². The van der Waals surface area contributed by atoms with E-state index in [4.69, 9.17) is 27.9 Å². The van der Waals surface area contributed by atoms with E-state index >= 15 is 0 Å². The number of nitrogens with one attached hydrogen (secondary N) is 1. The van der Waals surface area contributed by atoms with Gasteiger partial charge < -0.3 is 4.74 Å². The van der Waals surface area contributed by atoms with Crippen LogP contribution in [0.15, 0.2) is 29.7 Å². The lowest BCUT2D eigenvalue weighted by atomic mass is 10.3. The fraction of sp³-hybridized carbons (Fsp3) is 0.273. The summed E-state index contributed by atoms with van der Waals surface area (Å²) >= 11 is 11.8. The molecule has 0 fully saturated rings. The highest BCUT2D eigenvalue weighted by atomic mass is 35.5. The zero-order valence-corrected chi connectivity index (χ0v) is 12.1. The molecule has 1 N–H and O–H groups in total. The Labute approximate surface area is 117 Å². The molecule has 1 rings (SSSR count). The first-order valence-corrected chi connectivity index (χ1v) is 7.38. The van der Waals surface area contributed by atoms with Gasteiger partial charge in [-0.1, -0.05) is 29.3 Å². The first-order chi connectivity index (χ1) is 8.42. The molecule has 7 heteroatoms. The second-order valence-electron chi connectivity index (χ2n) is 3.29. The van der Waals surface area contributed by atoms with Crippen LogP contribution in [-0.4, -0.2) is 21.6 Å². The molecular formula is C11H13Cl2NO3S. The summed E-state index contributed by atoms with van der Waals surface area (Å²) in [5.41, 5.74) is 0. The summed E-state index contributed by atoms with van der Waals surface area (Å²) < 4.78 is 31.3. The Morgan fingerprint density at radius 2 is 2.06 bits per heavy atom. The minimum atomic E-state index is -3.70. The van der Waals surface area contributed by atoms with E-state index in [1.165, 1.54) is 18.2 Å². The average Bonchev–Trinajstić information content (AvgIpc) is 2.31. The lowest BCUT2D eigenvalue weighted by molar-refractivity contribution is 0.340. The quantitative estimate of drug-likeness (QED) is 0.822. The van der Waals surface area contributed by atoms with Crippen molar-refractivity contribution in [2.24, 2.45) is 0 Å². The van der Waals surface area contributed by atoms with Crippen molar-refractivity contribution < 1.29 is 13.2 Å². The number of benzene rings is 1. The topological polar surface area (TPSA) is 55.4 Å². The second-order valence-corrected chi connectivity index (χ2v) is 5.84. The molecule has 0 bridgehead atoms. The second kappa shape index (κ2) is 6.43. The van der Waals surface area contributed by atoms with Crippen molar-refractivity contribution in [3.8, 4) is 5.75 Å². The molecule has 1 aromatic carbocycles. The summed E-state index contributed by atoms with van der Waals surface area (Å²) in [6, 6.07) is 2.65. The van der Waals surface area contributed by atoms with Gasteiger partial charge in [0.2, 0.25) is 10.0 Å². The molecule has 0 amide bonds. The van der Waals surface area contributed by atoms with Crippen molar-refractivity contribution in [1.29, 1.82) is 0 Å². The molecule has 0 atom stereocenters. The summed E-state index contributed by atoms with van der Waals surface area (Å²) in [6.07, 6.45) is 1.43. The van der Waals surface area contributed by atoms with Gasteiger partial charge in [0.15, 0.2) is 0 Å². The minimum absolute atomic E-state index is 0.0550. The van der Waals surface area contributed by atoms with E-state index < -0.39 is 10.0 Å². The molecule has 0 aliphatic rings. The Bertz CT molecular complexity index is 543. The first-order valence-electron chi connectivity index (χ1n) is 5.14. The highest BCUT2D eigenvalue weighted by Crippen LogP contribution is 2.33. The third-order valence-electron chi connectivity index (χ3n) is 1.99. The third-order valence-corrected chi connectivity index (χ3v) is 4.18. The maximum absolute atomic E-state index is 11.9. The largest absolute Gasteiger partial charge is 0.492 e. The average molecular weight is 310 g/mol. The van der Waals surface area contributed by atoms with Gasteiger partial charge in [0.05, 0.1) is 16.7 Å². The molecule has 0 unspecified atom stereocenters. The van der Waals surface area contributed by atoms with Gasteiger partial charge in [-0.15, -0.1) is 6.58 Å². The smallest absolute Gasteiger partial charge is 0.242 e. The van der Waals surface area contributed by atoms with Gasteiger partial charge >= 0.3 is 0 Å². The predicted molar refractivity (Wildman–Crippen MR) is 73.0 cm³/mol. The molecule has 0 radical (unpaired) electrons. The molecule has 4 nitrogen and oxygen atoms in total. The maximum Gasteiger partial charge on any atom is 0.242 e. The van der Waals surface area contributed by atoms with Crippen LogP contribution < -0.4 is 9.46 Å². The lowest BCUT2D eigenvalue weighted by Gasteiger charge is -2.11. The number of ether oxygens (including phenoxy) is 1. The Balaban J connectivity index is 3.18. The van der Waals surface area contributed by atoms with Gasteiger partial charge in [-0.3, -0.25) is 0 Å². The molecule has 0 spiro atoms. The number of halogens is 2. The lowest BCUT2D eigenvalue weighted by Crippen LogP contribution is -2.24. The van der Waals surface area contributed by atoms with Gasteiger partial charge in [0.25, 0.3) is 0 Å². The van der Waals surface area contributed by atoms with Gasteiger partial charge in [-0.25, -0.2) is 13.1 Å². The molecule has 0 heterocycles. The van der Waals surface area contributed by atoms with Crippen molar-refractivity contribution in [1.82, 2.24) is 4.72 Å². The minimum Gasteiger partial charge on any atom is -0.492 e. The maximum atomic E-state index is 11.9. The van der Waals surface area contributed by atoms with E-state index in [9.17, 15) is 8.42 Å². The van der Waals surface area contributed by atoms with E-state index in [1.807, 2.05) is 0 Å². The normalized spacial score (nSPS) is 11.3. The zero-order valence-electron chi connectivity index (χ0n) is 9.74. The molecule has 100 valence electrons. The van der Waals surface area contributed by atoms with Crippen LogP contribution in [0.5, 0.6) is 5.75 Å². The van der Waals surface area contributed by atoms with Crippen molar-refractivity contribution in [2.45, 2.75) is 11.8 Å². The van der Waals surface area contributed by atoms with Crippen LogP contribution in [0.25, 0.3) is 0 Å². The summed E-state index contributed by atoms with van der Waals surface area (Å²) in [5.74, 6) is 0.354. The van der Waals surface area contributed by atoms with Crippen molar-refractivity contribution in [2.75, 3.05) is 13.2 Å². The molecule has 0 aromatic heterocycles. The fourth-order valence-electron chi connectivity index (χ4n) is 1.23. The van der Waals surface area contributed by atoms with E-state index in [0.717, 1.165) is 0 Å². The number of sulfonamides is 1. The zero-order chi connectivity index (χ0) is 13.8. The Morgan fingerprint density at radius 1 is 1.39 bits per heavy atom. The SMILES string of the molecule is C=CCNS(=O)(=O)c1cc(Cl)c(OCC)cc1Cl. The van der Waals surface area contributed by atoms with E-state index in [-0.39, 0.29) is 21.5 Å². The fourth-order valence-corrected chi connectivity index (χ4v) is 3.05. The van der Waals surface area contributed by atoms with Crippen LogP contribution in [0.4, 0.5) is 0 Å². The summed E-state index contributed by atoms with van der Waals surface area (Å²) in [6.45, 7) is 5.75. The van der Waals surface area contributed by atoms with E-state index in [1.54, 1.807) is 6.92 Å². The van der Waals surface area contributed by atoms with Crippen LogP contribution >= 0.6 is 23.2 Å². The standard InChI is InChI=1S/C11H13Cl2NO3S/c1-3-5-14-18(15,16)11-7-8(12)10(17-4-2)6-9(11)13/h3,6-7,14H,1,4-5H2,2H3. The number of hydrogen-bond donors (Lipinski definition) is 1. The third kappa shape index (κ3) is 3.62. The Morgan fingerprint density at radius 3 is 2.61 bits per heavy atom. The molecular weight excluding hydrogens is 297 g/mol. The Kier molecular flexibility index (Phi) is 5.47. The van der Waals surface area contributed by atoms with Gasteiger partial charge in [-0.05, 0) is 13.0 Å². The highest BCUT2D eigenvalue weighted by molar-refractivity contribution is 7.89. The Hall–Kier alpha value is -0.750. The van der Waals surface area contributed by atoms with Gasteiger partial charge in [0, 0.05) is 12.6 Å². The number of hydrogen-bond acceptors (Lipinski definition) is 3. The summed E-state index contributed by atoms with van der Waals surface area (Å²) in [4.78, 5) is -0.0838. The number of rotatable bonds is 6. The molecule has 0 aliphatic carbocycles. The van der Waals surface area contributed by atoms with Gasteiger partial charge in [-0.2, -0.15) is 0 Å². The summed E-state index contributed by atoms with van der Waals surface area (Å²) in [7, 11) is -3.70. The van der Waals surface area contributed by atoms with Crippen molar-refractivity contribution in [3.05, 3.63) is 34.8 Å². The van der Waals surface area contributed by atoms with Crippen LogP contribution in [0.1, 0.15) is 6.92 Å². The molecule has 1 aromatic rings. The van der Waals surface area contributed by atoms with Gasteiger partial charge in [0.1, 0.15) is 10.6 Å². The first kappa shape index (κ1) is 15.3. The monoisotopic (exact) mass is 309 g/mol. The van der Waals surface area contributed by atoms with E-state index in [2.05, 4.69) is 11.3 Å². The van der Waals surface area contributed by atoms with Crippen LogP contribution in [0.2, 0.25) is 10.0 Å². The van der Waals surface area contributed by atoms with Crippen molar-refractivity contribution >= 4 is 33.2 Å².